The van der Waals surface area contributed by atoms with Gasteiger partial charge in [-0.05, 0) is 36.7 Å². The number of hydrogen-bond acceptors (Lipinski definition) is 3. The summed E-state index contributed by atoms with van der Waals surface area (Å²) in [5.74, 6) is 0.0169. The summed E-state index contributed by atoms with van der Waals surface area (Å²) in [6.07, 6.45) is 1.83. The number of nitrogens with zero attached hydrogens (tertiary/aromatic N) is 3. The molecule has 2 heterocycles. The van der Waals surface area contributed by atoms with Crippen LogP contribution in [0.2, 0.25) is 0 Å². The summed E-state index contributed by atoms with van der Waals surface area (Å²) >= 11 is 3.39. The standard InChI is InChI=1S/C12H18BrN3O2/c1-4-16-11(10(13)5-14-16)12(17)15-6-8(2)18-9(3)7-15/h5,8-9H,4,6-7H2,1-3H3. The highest BCUT2D eigenvalue weighted by molar-refractivity contribution is 9.10. The first-order valence-electron chi connectivity index (χ1n) is 6.19. The maximum atomic E-state index is 12.5. The maximum absolute atomic E-state index is 12.5. The lowest BCUT2D eigenvalue weighted by atomic mass is 10.2. The molecule has 2 atom stereocenters. The summed E-state index contributed by atoms with van der Waals surface area (Å²) in [4.78, 5) is 14.4. The molecule has 0 aromatic carbocycles. The fourth-order valence-corrected chi connectivity index (χ4v) is 2.77. The van der Waals surface area contributed by atoms with E-state index in [1.807, 2.05) is 25.7 Å². The van der Waals surface area contributed by atoms with Crippen molar-refractivity contribution >= 4 is 21.8 Å². The number of hydrogen-bond donors (Lipinski definition) is 0. The molecular formula is C12H18BrN3O2. The Morgan fingerprint density at radius 1 is 1.50 bits per heavy atom. The highest BCUT2D eigenvalue weighted by Gasteiger charge is 2.29. The van der Waals surface area contributed by atoms with Crippen molar-refractivity contribution in [3.63, 3.8) is 0 Å². The van der Waals surface area contributed by atoms with Gasteiger partial charge >= 0.3 is 0 Å². The molecule has 100 valence electrons. The third-order valence-electron chi connectivity index (χ3n) is 3.00. The topological polar surface area (TPSA) is 47.4 Å². The summed E-state index contributed by atoms with van der Waals surface area (Å²) < 4.78 is 8.11. The molecule has 1 saturated heterocycles. The molecule has 1 fully saturated rings. The van der Waals surface area contributed by atoms with Gasteiger partial charge in [-0.1, -0.05) is 0 Å². The van der Waals surface area contributed by atoms with Gasteiger partial charge < -0.3 is 9.64 Å². The number of aryl methyl sites for hydroxylation is 1. The van der Waals surface area contributed by atoms with Crippen molar-refractivity contribution in [2.24, 2.45) is 0 Å². The van der Waals surface area contributed by atoms with Gasteiger partial charge in [0.25, 0.3) is 5.91 Å². The smallest absolute Gasteiger partial charge is 0.273 e. The third-order valence-corrected chi connectivity index (χ3v) is 3.58. The lowest BCUT2D eigenvalue weighted by Gasteiger charge is -2.35. The minimum Gasteiger partial charge on any atom is -0.372 e. The van der Waals surface area contributed by atoms with Crippen LogP contribution in [0.5, 0.6) is 0 Å². The van der Waals surface area contributed by atoms with Crippen molar-refractivity contribution in [1.82, 2.24) is 14.7 Å². The highest BCUT2D eigenvalue weighted by Crippen LogP contribution is 2.20. The van der Waals surface area contributed by atoms with Gasteiger partial charge in [0.05, 0.1) is 22.9 Å². The molecular weight excluding hydrogens is 298 g/mol. The van der Waals surface area contributed by atoms with Crippen LogP contribution < -0.4 is 0 Å². The van der Waals surface area contributed by atoms with Gasteiger partial charge in [-0.2, -0.15) is 5.10 Å². The molecule has 6 heteroatoms. The van der Waals surface area contributed by atoms with E-state index in [0.717, 1.165) is 4.47 Å². The molecule has 0 saturated carbocycles. The number of amides is 1. The predicted molar refractivity (Wildman–Crippen MR) is 71.5 cm³/mol. The molecule has 0 bridgehead atoms. The van der Waals surface area contributed by atoms with E-state index in [1.165, 1.54) is 0 Å². The zero-order chi connectivity index (χ0) is 13.3. The largest absolute Gasteiger partial charge is 0.372 e. The molecule has 0 N–H and O–H groups in total. The first-order valence-corrected chi connectivity index (χ1v) is 6.98. The van der Waals surface area contributed by atoms with Crippen LogP contribution in [-0.4, -0.2) is 45.9 Å². The second kappa shape index (κ2) is 5.40. The molecule has 18 heavy (non-hydrogen) atoms. The van der Waals surface area contributed by atoms with Crippen molar-refractivity contribution in [2.75, 3.05) is 13.1 Å². The molecule has 0 radical (unpaired) electrons. The van der Waals surface area contributed by atoms with Gasteiger partial charge in [-0.25, -0.2) is 0 Å². The maximum Gasteiger partial charge on any atom is 0.273 e. The molecule has 1 aliphatic rings. The summed E-state index contributed by atoms with van der Waals surface area (Å²) in [6.45, 7) is 7.89. The average Bonchev–Trinajstić information content (AvgIpc) is 2.68. The molecule has 1 amide bonds. The van der Waals surface area contributed by atoms with Crippen LogP contribution in [0.1, 0.15) is 31.3 Å². The number of morpholine rings is 1. The van der Waals surface area contributed by atoms with Crippen molar-refractivity contribution < 1.29 is 9.53 Å². The molecule has 2 unspecified atom stereocenters. The van der Waals surface area contributed by atoms with Gasteiger partial charge in [0.15, 0.2) is 0 Å². The molecule has 1 aromatic rings. The summed E-state index contributed by atoms with van der Waals surface area (Å²) in [7, 11) is 0. The van der Waals surface area contributed by atoms with Crippen LogP contribution in [0.25, 0.3) is 0 Å². The molecule has 1 aliphatic heterocycles. The van der Waals surface area contributed by atoms with Crippen LogP contribution in [0.3, 0.4) is 0 Å². The van der Waals surface area contributed by atoms with Crippen molar-refractivity contribution in [3.05, 3.63) is 16.4 Å². The highest BCUT2D eigenvalue weighted by atomic mass is 79.9. The lowest BCUT2D eigenvalue weighted by Crippen LogP contribution is -2.48. The quantitative estimate of drug-likeness (QED) is 0.837. The average molecular weight is 316 g/mol. The lowest BCUT2D eigenvalue weighted by molar-refractivity contribution is -0.0588. The number of ether oxygens (including phenoxy) is 1. The first-order chi connectivity index (χ1) is 8.52. The second-order valence-electron chi connectivity index (χ2n) is 4.62. The Balaban J connectivity index is 2.22. The van der Waals surface area contributed by atoms with Crippen molar-refractivity contribution in [2.45, 2.75) is 39.5 Å². The Bertz CT molecular complexity index is 437. The van der Waals surface area contributed by atoms with Crippen LogP contribution in [0, 0.1) is 0 Å². The summed E-state index contributed by atoms with van der Waals surface area (Å²) in [6, 6.07) is 0. The molecule has 1 aromatic heterocycles. The molecule has 0 spiro atoms. The minimum absolute atomic E-state index is 0.0169. The SMILES string of the molecule is CCn1ncc(Br)c1C(=O)N1CC(C)OC(C)C1. The first kappa shape index (κ1) is 13.5. The Labute approximate surface area is 115 Å². The normalized spacial score (nSPS) is 24.3. The Hall–Kier alpha value is -0.880. The van der Waals surface area contributed by atoms with E-state index in [9.17, 15) is 4.79 Å². The monoisotopic (exact) mass is 315 g/mol. The van der Waals surface area contributed by atoms with E-state index in [0.29, 0.717) is 25.3 Å². The number of carbonyl (C=O) groups is 1. The van der Waals surface area contributed by atoms with E-state index in [-0.39, 0.29) is 18.1 Å². The van der Waals surface area contributed by atoms with E-state index in [4.69, 9.17) is 4.74 Å². The van der Waals surface area contributed by atoms with E-state index in [1.54, 1.807) is 10.9 Å². The number of rotatable bonds is 2. The van der Waals surface area contributed by atoms with Crippen LogP contribution >= 0.6 is 15.9 Å². The molecule has 5 nitrogen and oxygen atoms in total. The Kier molecular flexibility index (Phi) is 4.07. The van der Waals surface area contributed by atoms with E-state index < -0.39 is 0 Å². The van der Waals surface area contributed by atoms with Crippen LogP contribution in [0.4, 0.5) is 0 Å². The summed E-state index contributed by atoms with van der Waals surface area (Å²) in [5.41, 5.74) is 0.624. The van der Waals surface area contributed by atoms with Gasteiger partial charge in [0, 0.05) is 19.6 Å². The molecule has 2 rings (SSSR count). The second-order valence-corrected chi connectivity index (χ2v) is 5.48. The number of aromatic nitrogens is 2. The fourth-order valence-electron chi connectivity index (χ4n) is 2.31. The van der Waals surface area contributed by atoms with Gasteiger partial charge in [-0.3, -0.25) is 9.48 Å². The van der Waals surface area contributed by atoms with E-state index in [2.05, 4.69) is 21.0 Å². The summed E-state index contributed by atoms with van der Waals surface area (Å²) in [5, 5.41) is 4.18. The zero-order valence-electron chi connectivity index (χ0n) is 10.9. The van der Waals surface area contributed by atoms with Crippen molar-refractivity contribution in [1.29, 1.82) is 0 Å². The van der Waals surface area contributed by atoms with Crippen molar-refractivity contribution in [3.8, 4) is 0 Å². The Morgan fingerprint density at radius 3 is 2.67 bits per heavy atom. The minimum atomic E-state index is 0.0169. The van der Waals surface area contributed by atoms with Crippen LogP contribution in [0.15, 0.2) is 10.7 Å². The fraction of sp³-hybridized carbons (Fsp3) is 0.667. The number of carbonyl (C=O) groups excluding carboxylic acids is 1. The van der Waals surface area contributed by atoms with Gasteiger partial charge in [0.2, 0.25) is 0 Å². The van der Waals surface area contributed by atoms with E-state index >= 15 is 0 Å². The number of halogens is 1. The third kappa shape index (κ3) is 2.59. The zero-order valence-corrected chi connectivity index (χ0v) is 12.5. The van der Waals surface area contributed by atoms with Gasteiger partial charge in [-0.15, -0.1) is 0 Å². The van der Waals surface area contributed by atoms with Gasteiger partial charge in [0.1, 0.15) is 5.69 Å². The molecule has 0 aliphatic carbocycles. The Morgan fingerprint density at radius 2 is 2.11 bits per heavy atom. The van der Waals surface area contributed by atoms with Crippen LogP contribution in [-0.2, 0) is 11.3 Å². The predicted octanol–water partition coefficient (Wildman–Crippen LogP) is 1.91.